The van der Waals surface area contributed by atoms with Gasteiger partial charge in [-0.1, -0.05) is 18.2 Å². The average Bonchev–Trinajstić information content (AvgIpc) is 3.29. The lowest BCUT2D eigenvalue weighted by Crippen LogP contribution is -2.49. The van der Waals surface area contributed by atoms with Crippen molar-refractivity contribution in [2.75, 3.05) is 25.2 Å². The zero-order chi connectivity index (χ0) is 29.3. The number of amides is 1. The molecule has 0 bridgehead atoms. The van der Waals surface area contributed by atoms with Crippen LogP contribution in [0.5, 0.6) is 11.6 Å². The lowest BCUT2D eigenvalue weighted by molar-refractivity contribution is -0.215. The topological polar surface area (TPSA) is 139 Å². The number of carbonyl (C=O) groups excluding carboxylic acids is 2. The zero-order valence-electron chi connectivity index (χ0n) is 23.4. The molecule has 1 aliphatic rings. The monoisotopic (exact) mass is 556 g/mol. The van der Waals surface area contributed by atoms with E-state index in [-0.39, 0.29) is 18.4 Å². The second-order valence-electron chi connectivity index (χ2n) is 10.4. The van der Waals surface area contributed by atoms with Crippen molar-refractivity contribution in [3.8, 4) is 11.6 Å². The fraction of sp³-hybridized carbons (Fsp3) is 0.258. The van der Waals surface area contributed by atoms with E-state index in [1.807, 2.05) is 18.2 Å². The first-order chi connectivity index (χ1) is 19.6. The fourth-order valence-electron chi connectivity index (χ4n) is 4.70. The molecule has 0 fully saturated rings. The Morgan fingerprint density at radius 1 is 1.10 bits per heavy atom. The predicted octanol–water partition coefficient (Wildman–Crippen LogP) is 4.79. The molecule has 3 aromatic carbocycles. The number of aromatic hydroxyl groups is 1. The number of benzene rings is 3. The molecule has 4 aromatic rings. The molecule has 1 aliphatic heterocycles. The molecule has 0 saturated heterocycles. The Labute approximate surface area is 237 Å². The van der Waals surface area contributed by atoms with Crippen molar-refractivity contribution in [1.82, 2.24) is 4.98 Å². The number of aromatic amines is 1. The zero-order valence-corrected chi connectivity index (χ0v) is 23.4. The molecule has 0 radical (unpaired) electrons. The minimum atomic E-state index is -1.02. The van der Waals surface area contributed by atoms with Crippen molar-refractivity contribution in [1.29, 1.82) is 0 Å². The number of aliphatic imine (C=N–C) groups is 1. The van der Waals surface area contributed by atoms with Gasteiger partial charge in [-0.3, -0.25) is 4.79 Å². The Bertz CT molecular complexity index is 1650. The molecule has 0 unspecified atom stereocenters. The highest BCUT2D eigenvalue weighted by atomic mass is 17.2. The molecule has 10 nitrogen and oxygen atoms in total. The van der Waals surface area contributed by atoms with Crippen molar-refractivity contribution in [3.05, 3.63) is 82.9 Å². The molecule has 5 rings (SSSR count). The smallest absolute Gasteiger partial charge is 0.338 e. The molecule has 0 saturated carbocycles. The van der Waals surface area contributed by atoms with Gasteiger partial charge in [0.15, 0.2) is 11.6 Å². The van der Waals surface area contributed by atoms with Crippen LogP contribution in [0.2, 0.25) is 0 Å². The van der Waals surface area contributed by atoms with Crippen molar-refractivity contribution in [3.63, 3.8) is 0 Å². The number of likely N-dealkylation sites (N-methyl/N-ethyl adjacent to an activating group) is 1. The van der Waals surface area contributed by atoms with E-state index in [2.05, 4.69) is 4.98 Å². The summed E-state index contributed by atoms with van der Waals surface area (Å²) in [7, 11) is 1.67. The third-order valence-corrected chi connectivity index (χ3v) is 6.80. The summed E-state index contributed by atoms with van der Waals surface area (Å²) in [6.07, 6.45) is 0.713. The van der Waals surface area contributed by atoms with E-state index in [0.29, 0.717) is 63.5 Å². The van der Waals surface area contributed by atoms with Crippen molar-refractivity contribution in [2.24, 2.45) is 10.7 Å². The largest absolute Gasteiger partial charge is 0.494 e. The second kappa shape index (κ2) is 11.1. The van der Waals surface area contributed by atoms with Gasteiger partial charge in [0, 0.05) is 41.2 Å². The summed E-state index contributed by atoms with van der Waals surface area (Å²) in [5, 5.41) is 11.8. The van der Waals surface area contributed by atoms with Crippen LogP contribution in [0, 0.1) is 0 Å². The Kier molecular flexibility index (Phi) is 7.53. The molecular formula is C31H32N4O6. The number of hydrogen-bond donors (Lipinski definition) is 3. The number of ether oxygens (including phenoxy) is 1. The van der Waals surface area contributed by atoms with Crippen LogP contribution in [0.4, 0.5) is 11.4 Å². The lowest BCUT2D eigenvalue weighted by Gasteiger charge is -2.26. The summed E-state index contributed by atoms with van der Waals surface area (Å²) in [4.78, 5) is 45.0. The third kappa shape index (κ3) is 5.65. The molecule has 0 spiro atoms. The second-order valence-corrected chi connectivity index (χ2v) is 10.4. The summed E-state index contributed by atoms with van der Waals surface area (Å²) < 4.78 is 5.13. The van der Waals surface area contributed by atoms with E-state index in [0.717, 1.165) is 5.56 Å². The van der Waals surface area contributed by atoms with Gasteiger partial charge in [-0.25, -0.2) is 9.79 Å². The van der Waals surface area contributed by atoms with Crippen LogP contribution >= 0.6 is 0 Å². The van der Waals surface area contributed by atoms with Crippen LogP contribution in [-0.4, -0.2) is 53.5 Å². The van der Waals surface area contributed by atoms with Gasteiger partial charge in [0.2, 0.25) is 5.91 Å². The van der Waals surface area contributed by atoms with Crippen molar-refractivity contribution >= 4 is 39.9 Å². The maximum Gasteiger partial charge on any atom is 0.338 e. The molecule has 2 heterocycles. The van der Waals surface area contributed by atoms with E-state index < -0.39 is 11.5 Å². The van der Waals surface area contributed by atoms with E-state index in [1.54, 1.807) is 70.3 Å². The first-order valence-corrected chi connectivity index (χ1v) is 13.3. The number of nitrogens with two attached hydrogens (primary N) is 1. The molecule has 0 atom stereocenters. The number of rotatable bonds is 7. The quantitative estimate of drug-likeness (QED) is 0.169. The Balaban J connectivity index is 1.61. The number of H-pyrrole nitrogens is 1. The number of fused-ring (bicyclic) bond motifs is 2. The highest BCUT2D eigenvalue weighted by Crippen LogP contribution is 2.34. The number of aromatic nitrogens is 1. The van der Waals surface area contributed by atoms with E-state index in [9.17, 15) is 14.7 Å². The summed E-state index contributed by atoms with van der Waals surface area (Å²) in [5.41, 5.74) is 9.74. The molecule has 4 N–H and O–H groups in total. The normalized spacial score (nSPS) is 13.4. The maximum absolute atomic E-state index is 12.6. The van der Waals surface area contributed by atoms with Crippen LogP contribution < -0.4 is 15.5 Å². The standard InChI is InChI=1S/C31H32N4O6/c1-5-39-29(37)20-8-13-23-24(16-20)34-28(36)26(23)27(19-7-6-18-14-15-40-41-25(18)17-19)33-21-9-11-22(12-10-21)35(4)30(38)31(2,3)32/h6-13,16-17,34,36H,5,14-15,32H2,1-4H3. The van der Waals surface area contributed by atoms with E-state index in [4.69, 9.17) is 25.2 Å². The van der Waals surface area contributed by atoms with Gasteiger partial charge >= 0.3 is 5.97 Å². The molecule has 10 heteroatoms. The van der Waals surface area contributed by atoms with Gasteiger partial charge in [0.05, 0.1) is 41.3 Å². The first kappa shape index (κ1) is 27.9. The highest BCUT2D eigenvalue weighted by molar-refractivity contribution is 6.22. The minimum absolute atomic E-state index is 0.109. The number of anilines is 1. The Morgan fingerprint density at radius 3 is 2.54 bits per heavy atom. The molecule has 1 amide bonds. The summed E-state index contributed by atoms with van der Waals surface area (Å²) in [6, 6.07) is 17.9. The number of nitrogens with zero attached hydrogens (tertiary/aromatic N) is 2. The summed E-state index contributed by atoms with van der Waals surface area (Å²) >= 11 is 0. The lowest BCUT2D eigenvalue weighted by atomic mass is 9.97. The number of esters is 1. The van der Waals surface area contributed by atoms with Gasteiger partial charge in [-0.2, -0.15) is 4.89 Å². The van der Waals surface area contributed by atoms with Crippen molar-refractivity contribution in [2.45, 2.75) is 32.7 Å². The minimum Gasteiger partial charge on any atom is -0.494 e. The van der Waals surface area contributed by atoms with E-state index >= 15 is 0 Å². The van der Waals surface area contributed by atoms with Gasteiger partial charge in [0.25, 0.3) is 0 Å². The fourth-order valence-corrected chi connectivity index (χ4v) is 4.70. The van der Waals surface area contributed by atoms with E-state index in [1.165, 1.54) is 4.90 Å². The van der Waals surface area contributed by atoms with Crippen LogP contribution in [0.1, 0.15) is 47.8 Å². The van der Waals surface area contributed by atoms with Crippen LogP contribution in [0.25, 0.3) is 10.9 Å². The Morgan fingerprint density at radius 2 is 1.83 bits per heavy atom. The molecule has 1 aromatic heterocycles. The third-order valence-electron chi connectivity index (χ3n) is 6.80. The predicted molar refractivity (Wildman–Crippen MR) is 156 cm³/mol. The average molecular weight is 557 g/mol. The molecule has 212 valence electrons. The van der Waals surface area contributed by atoms with Crippen LogP contribution in [0.15, 0.2) is 65.7 Å². The SMILES string of the molecule is CCOC(=O)c1ccc2c(C(=Nc3ccc(N(C)C(=O)C(C)(C)N)cc3)c3ccc4c(c3)OOCC4)c(O)[nH]c2c1. The molecule has 41 heavy (non-hydrogen) atoms. The molecule has 0 aliphatic carbocycles. The molecular weight excluding hydrogens is 524 g/mol. The highest BCUT2D eigenvalue weighted by Gasteiger charge is 2.27. The van der Waals surface area contributed by atoms with Gasteiger partial charge in [0.1, 0.15) is 0 Å². The summed E-state index contributed by atoms with van der Waals surface area (Å²) in [6.45, 7) is 5.78. The number of nitrogens with one attached hydrogen (secondary N) is 1. The van der Waals surface area contributed by atoms with Crippen LogP contribution in [0.3, 0.4) is 0 Å². The summed E-state index contributed by atoms with van der Waals surface area (Å²) in [5.74, 6) is -0.212. The number of hydrogen-bond acceptors (Lipinski definition) is 8. The van der Waals surface area contributed by atoms with Crippen LogP contribution in [-0.2, 0) is 20.8 Å². The van der Waals surface area contributed by atoms with Crippen molar-refractivity contribution < 1.29 is 29.2 Å². The Hall–Kier alpha value is -4.67. The number of carbonyl (C=O) groups is 2. The van der Waals surface area contributed by atoms with Gasteiger partial charge in [-0.05, 0) is 63.2 Å². The maximum atomic E-state index is 12.6. The van der Waals surface area contributed by atoms with Gasteiger partial charge < -0.3 is 30.3 Å². The van der Waals surface area contributed by atoms with Gasteiger partial charge in [-0.15, -0.1) is 0 Å². The first-order valence-electron chi connectivity index (χ1n) is 13.3.